The number of nitrogens with zero attached hydrogens (tertiary/aromatic N) is 1. The molecule has 1 aliphatic carbocycles. The van der Waals surface area contributed by atoms with Crippen molar-refractivity contribution in [2.75, 3.05) is 179 Å². The average molecular weight is 1170 g/mol. The molecule has 25 heteroatoms. The smallest absolute Gasteiger partial charge is 0.251 e. The van der Waals surface area contributed by atoms with E-state index in [1.807, 2.05) is 19.9 Å². The molecule has 9 atom stereocenters. The van der Waals surface area contributed by atoms with Crippen LogP contribution < -0.4 is 5.32 Å². The van der Waals surface area contributed by atoms with Crippen LogP contribution in [0, 0.1) is 5.41 Å². The zero-order chi connectivity index (χ0) is 59.7. The Kier molecular flexibility index (Phi) is 41.6. The SMILES string of the molecule is COCCOCCOCCOCCOCCOCCOCCOCCOCCOCCOCCN(CCNC(=O)[C@H](O)[C@@H](O)[C@H](O[C@@H]1O[C@H](CO)[C@H](O)[C@H](O)[C@H]1O)[C@H](O)CO)C(=O)/C=C(\C)C/C=C(C)\C=C\C1=C(C)CCCC1(C)C. The first-order valence-corrected chi connectivity index (χ1v) is 28.1. The Morgan fingerprint density at radius 3 is 1.60 bits per heavy atom. The van der Waals surface area contributed by atoms with Crippen molar-refractivity contribution in [3.05, 3.63) is 46.6 Å². The first kappa shape index (κ1) is 74.2. The van der Waals surface area contributed by atoms with Gasteiger partial charge in [-0.3, -0.25) is 9.59 Å². The molecule has 0 radical (unpaired) electrons. The van der Waals surface area contributed by atoms with E-state index in [0.29, 0.717) is 125 Å². The van der Waals surface area contributed by atoms with Crippen LogP contribution in [-0.2, 0) is 71.2 Å². The van der Waals surface area contributed by atoms with Crippen molar-refractivity contribution in [1.82, 2.24) is 10.2 Å². The van der Waals surface area contributed by atoms with Crippen LogP contribution in [0.2, 0.25) is 0 Å². The number of nitrogens with one attached hydrogen (secondary N) is 1. The van der Waals surface area contributed by atoms with E-state index < -0.39 is 74.2 Å². The number of methoxy groups -OCH3 is 1. The molecule has 1 aliphatic heterocycles. The molecule has 0 spiro atoms. The molecule has 1 saturated heterocycles. The lowest BCUT2D eigenvalue weighted by molar-refractivity contribution is -0.326. The fourth-order valence-electron chi connectivity index (χ4n) is 8.30. The van der Waals surface area contributed by atoms with Gasteiger partial charge < -0.3 is 113 Å². The molecule has 25 nitrogen and oxygen atoms in total. The van der Waals surface area contributed by atoms with Crippen LogP contribution in [0.4, 0.5) is 0 Å². The van der Waals surface area contributed by atoms with Crippen LogP contribution >= 0.6 is 0 Å². The van der Waals surface area contributed by atoms with Gasteiger partial charge in [0.25, 0.3) is 5.91 Å². The third-order valence-electron chi connectivity index (χ3n) is 13.1. The van der Waals surface area contributed by atoms with Gasteiger partial charge in [-0.2, -0.15) is 0 Å². The second-order valence-corrected chi connectivity index (χ2v) is 20.1. The third kappa shape index (κ3) is 32.2. The summed E-state index contributed by atoms with van der Waals surface area (Å²) in [5.41, 5.74) is 4.68. The van der Waals surface area contributed by atoms with Gasteiger partial charge in [0.2, 0.25) is 5.91 Å². The minimum Gasteiger partial charge on any atom is -0.394 e. The Balaban J connectivity index is 1.73. The van der Waals surface area contributed by atoms with Crippen molar-refractivity contribution in [2.24, 2.45) is 5.41 Å². The average Bonchev–Trinajstić information content (AvgIpc) is 3.45. The Morgan fingerprint density at radius 2 is 1.16 bits per heavy atom. The second kappa shape index (κ2) is 45.4. The molecule has 0 saturated carbocycles. The van der Waals surface area contributed by atoms with Crippen LogP contribution in [-0.4, -0.2) is 291 Å². The standard InChI is InChI=1S/C56H100N2O23/c1-41(11-12-44-43(3)8-7-13-56(44,4)5)9-10-42(2)38-47(62)58(15-14-57-54(68)51(66)50(65)53(45(61)39-59)81-55-52(67)49(64)48(63)46(40-60)80-55)16-17-70-20-21-72-24-25-74-28-29-76-32-33-78-36-37-79-35-34-77-31-30-75-27-26-73-23-22-71-19-18-69-6/h9,11-12,38,45-46,48-53,55,59-61,63-67H,7-8,10,13-37,39-40H2,1-6H3,(H,57,68)/b12-11+,41-9-,42-38+/t45-,46-,48+,49+,50-,51-,52-,53-,55+/m1/s1. The van der Waals surface area contributed by atoms with Gasteiger partial charge in [0, 0.05) is 32.8 Å². The zero-order valence-electron chi connectivity index (χ0n) is 48.9. The van der Waals surface area contributed by atoms with E-state index in [9.17, 15) is 50.4 Å². The number of amides is 2. The lowest BCUT2D eigenvalue weighted by Gasteiger charge is -2.42. The highest BCUT2D eigenvalue weighted by Crippen LogP contribution is 2.41. The number of hydrogen-bond acceptors (Lipinski definition) is 23. The number of rotatable bonds is 49. The molecule has 2 rings (SSSR count). The van der Waals surface area contributed by atoms with Crippen LogP contribution in [0.15, 0.2) is 46.6 Å². The highest BCUT2D eigenvalue weighted by atomic mass is 16.7. The van der Waals surface area contributed by atoms with Gasteiger partial charge in [-0.25, -0.2) is 0 Å². The van der Waals surface area contributed by atoms with Gasteiger partial charge in [-0.1, -0.05) is 48.8 Å². The van der Waals surface area contributed by atoms with Crippen molar-refractivity contribution in [2.45, 2.75) is 115 Å². The maximum absolute atomic E-state index is 13.7. The first-order chi connectivity index (χ1) is 39.0. The predicted octanol–water partition coefficient (Wildman–Crippen LogP) is -0.631. The molecule has 1 fully saturated rings. The maximum atomic E-state index is 13.7. The Bertz CT molecular complexity index is 1770. The fraction of sp³-hybridized carbons (Fsp3) is 0.821. The largest absolute Gasteiger partial charge is 0.394 e. The van der Waals surface area contributed by atoms with E-state index in [-0.39, 0.29) is 50.8 Å². The number of hydrogen-bond donors (Lipinski definition) is 9. The summed E-state index contributed by atoms with van der Waals surface area (Å²) < 4.78 is 70.8. The number of ether oxygens (including phenoxy) is 13. The van der Waals surface area contributed by atoms with Gasteiger partial charge in [-0.05, 0) is 57.4 Å². The second-order valence-electron chi connectivity index (χ2n) is 20.1. The molecule has 0 aromatic carbocycles. The quantitative estimate of drug-likeness (QED) is 0.0208. The molecule has 2 amide bonds. The van der Waals surface area contributed by atoms with E-state index in [1.165, 1.54) is 28.5 Å². The molecule has 9 N–H and O–H groups in total. The molecule has 472 valence electrons. The lowest BCUT2D eigenvalue weighted by Crippen LogP contribution is -2.62. The van der Waals surface area contributed by atoms with Crippen LogP contribution in [0.3, 0.4) is 0 Å². The number of aliphatic hydroxyl groups excluding tert-OH is 8. The highest BCUT2D eigenvalue weighted by Gasteiger charge is 2.47. The van der Waals surface area contributed by atoms with Crippen LogP contribution in [0.25, 0.3) is 0 Å². The van der Waals surface area contributed by atoms with E-state index in [0.717, 1.165) is 24.0 Å². The zero-order valence-corrected chi connectivity index (χ0v) is 48.9. The van der Waals surface area contributed by atoms with Gasteiger partial charge in [-0.15, -0.1) is 0 Å². The molecule has 0 aromatic heterocycles. The van der Waals surface area contributed by atoms with Crippen molar-refractivity contribution < 1.29 is 112 Å². The van der Waals surface area contributed by atoms with E-state index in [1.54, 1.807) is 7.11 Å². The van der Waals surface area contributed by atoms with Gasteiger partial charge in [0.1, 0.15) is 42.7 Å². The minimum atomic E-state index is -2.28. The summed E-state index contributed by atoms with van der Waals surface area (Å²) in [6.45, 7) is 17.3. The predicted molar refractivity (Wildman–Crippen MR) is 295 cm³/mol. The minimum absolute atomic E-state index is 0.0488. The number of aliphatic hydroxyl groups is 8. The maximum Gasteiger partial charge on any atom is 0.251 e. The molecule has 81 heavy (non-hydrogen) atoms. The Hall–Kier alpha value is -2.94. The first-order valence-electron chi connectivity index (χ1n) is 28.1. The number of allylic oxidation sites excluding steroid dienone is 7. The Morgan fingerprint density at radius 1 is 0.691 bits per heavy atom. The summed E-state index contributed by atoms with van der Waals surface area (Å²) in [4.78, 5) is 28.3. The van der Waals surface area contributed by atoms with Crippen molar-refractivity contribution in [3.63, 3.8) is 0 Å². The van der Waals surface area contributed by atoms with Crippen molar-refractivity contribution in [1.29, 1.82) is 0 Å². The highest BCUT2D eigenvalue weighted by molar-refractivity contribution is 5.88. The monoisotopic (exact) mass is 1170 g/mol. The molecular formula is C56H100N2O23. The molecule has 0 unspecified atom stereocenters. The van der Waals surface area contributed by atoms with E-state index >= 15 is 0 Å². The summed E-state index contributed by atoms with van der Waals surface area (Å²) in [7, 11) is 1.63. The summed E-state index contributed by atoms with van der Waals surface area (Å²) in [6.07, 6.45) is -5.52. The fourth-order valence-corrected chi connectivity index (χ4v) is 8.30. The van der Waals surface area contributed by atoms with Gasteiger partial charge in [0.15, 0.2) is 12.4 Å². The summed E-state index contributed by atoms with van der Waals surface area (Å²) in [6, 6.07) is 0. The van der Waals surface area contributed by atoms with Gasteiger partial charge >= 0.3 is 0 Å². The van der Waals surface area contributed by atoms with Crippen LogP contribution in [0.1, 0.15) is 60.3 Å². The third-order valence-corrected chi connectivity index (χ3v) is 13.1. The normalized spacial score (nSPS) is 21.4. The van der Waals surface area contributed by atoms with E-state index in [2.05, 4.69) is 38.2 Å². The lowest BCUT2D eigenvalue weighted by atomic mass is 9.72. The van der Waals surface area contributed by atoms with Crippen molar-refractivity contribution in [3.8, 4) is 0 Å². The topological polar surface area (TPSA) is 331 Å². The molecule has 0 bridgehead atoms. The molecule has 0 aromatic rings. The summed E-state index contributed by atoms with van der Waals surface area (Å²) in [5.74, 6) is -1.50. The molecular weight excluding hydrogens is 1070 g/mol. The Labute approximate surface area is 479 Å². The summed E-state index contributed by atoms with van der Waals surface area (Å²) >= 11 is 0. The number of carbonyl (C=O) groups excluding carboxylic acids is 2. The van der Waals surface area contributed by atoms with Crippen molar-refractivity contribution >= 4 is 11.8 Å². The number of carbonyl (C=O) groups is 2. The molecule has 2 aliphatic rings. The van der Waals surface area contributed by atoms with Gasteiger partial charge in [0.05, 0.1) is 152 Å². The molecule has 1 heterocycles. The summed E-state index contributed by atoms with van der Waals surface area (Å²) in [5, 5.41) is 84.6. The van der Waals surface area contributed by atoms with E-state index in [4.69, 9.17) is 61.6 Å². The van der Waals surface area contributed by atoms with Crippen LogP contribution in [0.5, 0.6) is 0 Å².